The van der Waals surface area contributed by atoms with Gasteiger partial charge in [-0.15, -0.1) is 0 Å². The minimum Gasteiger partial charge on any atom is -0.508 e. The molecule has 2 rings (SSSR count). The number of amides is 1. The van der Waals surface area contributed by atoms with E-state index in [0.29, 0.717) is 16.0 Å². The predicted molar refractivity (Wildman–Crippen MR) is 91.0 cm³/mol. The molecule has 0 unspecified atom stereocenters. The first kappa shape index (κ1) is 20.3. The molecule has 8 heteroatoms. The average molecular weight is 381 g/mol. The van der Waals surface area contributed by atoms with Gasteiger partial charge in [0.1, 0.15) is 12.3 Å². The van der Waals surface area contributed by atoms with E-state index in [9.17, 15) is 27.9 Å². The van der Waals surface area contributed by atoms with Gasteiger partial charge in [-0.3, -0.25) is 4.79 Å². The summed E-state index contributed by atoms with van der Waals surface area (Å²) in [6, 6.07) is 12.2. The zero-order valence-corrected chi connectivity index (χ0v) is 14.5. The third-order valence-corrected chi connectivity index (χ3v) is 3.71. The van der Waals surface area contributed by atoms with Crippen LogP contribution in [-0.2, 0) is 16.1 Å². The monoisotopic (exact) mass is 381 g/mol. The second kappa shape index (κ2) is 8.57. The van der Waals surface area contributed by atoms with Crippen LogP contribution in [0.5, 0.6) is 5.75 Å². The van der Waals surface area contributed by atoms with Gasteiger partial charge in [0.05, 0.1) is 5.56 Å². The lowest BCUT2D eigenvalue weighted by Gasteiger charge is -2.24. The van der Waals surface area contributed by atoms with Crippen LogP contribution in [0.4, 0.5) is 13.2 Å². The number of nitrogens with zero attached hydrogens (tertiary/aromatic N) is 1. The van der Waals surface area contributed by atoms with Gasteiger partial charge in [0.2, 0.25) is 0 Å². The number of aromatic hydroxyl groups is 1. The van der Waals surface area contributed by atoms with E-state index < -0.39 is 31.2 Å². The van der Waals surface area contributed by atoms with Crippen molar-refractivity contribution in [2.75, 3.05) is 13.2 Å². The van der Waals surface area contributed by atoms with Crippen LogP contribution < -0.4 is 0 Å². The number of rotatable bonds is 6. The minimum atomic E-state index is -4.59. The van der Waals surface area contributed by atoms with Crippen molar-refractivity contribution in [3.05, 3.63) is 65.2 Å². The van der Waals surface area contributed by atoms with E-state index in [4.69, 9.17) is 4.74 Å². The summed E-state index contributed by atoms with van der Waals surface area (Å²) in [4.78, 5) is 24.7. The number of carbonyl (C=O) groups excluding carboxylic acids is 2. The number of aryl methyl sites for hydroxylation is 1. The molecule has 0 spiro atoms. The van der Waals surface area contributed by atoms with Crippen LogP contribution in [0, 0.1) is 6.92 Å². The van der Waals surface area contributed by atoms with E-state index in [-0.39, 0.29) is 17.9 Å². The minimum absolute atomic E-state index is 0.00340. The molecule has 0 radical (unpaired) electrons. The summed E-state index contributed by atoms with van der Waals surface area (Å²) >= 11 is 0. The Bertz CT molecular complexity index is 806. The van der Waals surface area contributed by atoms with Crippen molar-refractivity contribution in [2.24, 2.45) is 0 Å². The summed E-state index contributed by atoms with van der Waals surface area (Å²) in [5.41, 5.74) is 1.06. The summed E-state index contributed by atoms with van der Waals surface area (Å²) in [7, 11) is 0. The molecule has 0 atom stereocenters. The molecule has 0 aromatic heterocycles. The second-order valence-electron chi connectivity index (χ2n) is 5.93. The first-order valence-corrected chi connectivity index (χ1v) is 8.01. The topological polar surface area (TPSA) is 66.8 Å². The van der Waals surface area contributed by atoms with Crippen LogP contribution in [0.15, 0.2) is 48.5 Å². The van der Waals surface area contributed by atoms with E-state index in [0.717, 1.165) is 0 Å². The molecule has 0 saturated carbocycles. The molecule has 0 aliphatic rings. The molecule has 2 aromatic rings. The predicted octanol–water partition coefficient (Wildman–Crippen LogP) is 3.45. The maximum Gasteiger partial charge on any atom is 0.406 e. The molecule has 0 aliphatic heterocycles. The number of halogens is 3. The van der Waals surface area contributed by atoms with Crippen molar-refractivity contribution in [2.45, 2.75) is 19.6 Å². The highest BCUT2D eigenvalue weighted by atomic mass is 19.4. The number of esters is 1. The van der Waals surface area contributed by atoms with E-state index in [1.54, 1.807) is 37.3 Å². The van der Waals surface area contributed by atoms with Gasteiger partial charge >= 0.3 is 12.1 Å². The fourth-order valence-electron chi connectivity index (χ4n) is 2.29. The van der Waals surface area contributed by atoms with Crippen LogP contribution in [0.1, 0.15) is 21.5 Å². The molecular weight excluding hydrogens is 363 g/mol. The Balaban J connectivity index is 2.03. The molecule has 0 bridgehead atoms. The van der Waals surface area contributed by atoms with Crippen molar-refractivity contribution in [3.8, 4) is 5.75 Å². The van der Waals surface area contributed by atoms with Gasteiger partial charge in [-0.1, -0.05) is 36.4 Å². The highest BCUT2D eigenvalue weighted by Gasteiger charge is 2.33. The Kier molecular flexibility index (Phi) is 6.44. The highest BCUT2D eigenvalue weighted by Crippen LogP contribution is 2.20. The van der Waals surface area contributed by atoms with Gasteiger partial charge in [0.15, 0.2) is 6.61 Å². The third-order valence-electron chi connectivity index (χ3n) is 3.71. The normalized spacial score (nSPS) is 11.1. The molecule has 0 saturated heterocycles. The van der Waals surface area contributed by atoms with Gasteiger partial charge < -0.3 is 14.7 Å². The summed E-state index contributed by atoms with van der Waals surface area (Å²) in [6.07, 6.45) is -4.59. The molecule has 144 valence electrons. The lowest BCUT2D eigenvalue weighted by molar-refractivity contribution is -0.164. The van der Waals surface area contributed by atoms with E-state index in [1.807, 2.05) is 0 Å². The molecule has 2 aromatic carbocycles. The first-order valence-electron chi connectivity index (χ1n) is 8.01. The van der Waals surface area contributed by atoms with Crippen LogP contribution in [0.25, 0.3) is 0 Å². The number of alkyl halides is 3. The second-order valence-corrected chi connectivity index (χ2v) is 5.93. The smallest absolute Gasteiger partial charge is 0.406 e. The Labute approximate surface area is 154 Å². The van der Waals surface area contributed by atoms with Gasteiger partial charge in [-0.2, -0.15) is 13.2 Å². The number of benzene rings is 2. The van der Waals surface area contributed by atoms with E-state index in [2.05, 4.69) is 0 Å². The Morgan fingerprint density at radius 3 is 2.37 bits per heavy atom. The van der Waals surface area contributed by atoms with Crippen molar-refractivity contribution in [1.82, 2.24) is 4.90 Å². The standard InChI is InChI=1S/C19H18F3NO4/c1-13-7-8-15(9-16(13)24)18(26)27-11-17(25)23(12-19(20,21)22)10-14-5-3-2-4-6-14/h2-9,24H,10-12H2,1H3. The van der Waals surface area contributed by atoms with Crippen molar-refractivity contribution in [3.63, 3.8) is 0 Å². The molecule has 0 fully saturated rings. The summed E-state index contributed by atoms with van der Waals surface area (Å²) in [6.45, 7) is -0.922. The lowest BCUT2D eigenvalue weighted by Crippen LogP contribution is -2.40. The van der Waals surface area contributed by atoms with Crippen molar-refractivity contribution < 1.29 is 32.6 Å². The average Bonchev–Trinajstić information content (AvgIpc) is 2.61. The van der Waals surface area contributed by atoms with Gasteiger partial charge in [0, 0.05) is 6.54 Å². The van der Waals surface area contributed by atoms with Crippen LogP contribution in [-0.4, -0.2) is 41.2 Å². The first-order chi connectivity index (χ1) is 12.7. The lowest BCUT2D eigenvalue weighted by atomic mass is 10.1. The number of phenols is 1. The largest absolute Gasteiger partial charge is 0.508 e. The fraction of sp³-hybridized carbons (Fsp3) is 0.263. The number of ether oxygens (including phenoxy) is 1. The van der Waals surface area contributed by atoms with Crippen molar-refractivity contribution >= 4 is 11.9 Å². The summed E-state index contributed by atoms with van der Waals surface area (Å²) < 4.78 is 43.2. The molecule has 27 heavy (non-hydrogen) atoms. The third kappa shape index (κ3) is 6.32. The van der Waals surface area contributed by atoms with Gasteiger partial charge in [0.25, 0.3) is 5.91 Å². The Hall–Kier alpha value is -3.03. The molecule has 0 heterocycles. The zero-order chi connectivity index (χ0) is 20.0. The number of carbonyl (C=O) groups is 2. The molecule has 1 N–H and O–H groups in total. The molecule has 5 nitrogen and oxygen atoms in total. The summed E-state index contributed by atoms with van der Waals surface area (Å²) in [5.74, 6) is -2.01. The Morgan fingerprint density at radius 2 is 1.78 bits per heavy atom. The van der Waals surface area contributed by atoms with E-state index in [1.165, 1.54) is 18.2 Å². The van der Waals surface area contributed by atoms with E-state index >= 15 is 0 Å². The number of hydrogen-bond acceptors (Lipinski definition) is 4. The maximum absolute atomic E-state index is 12.8. The SMILES string of the molecule is Cc1ccc(C(=O)OCC(=O)N(Cc2ccccc2)CC(F)(F)F)cc1O. The number of hydrogen-bond donors (Lipinski definition) is 1. The van der Waals surface area contributed by atoms with Gasteiger partial charge in [-0.25, -0.2) is 4.79 Å². The summed E-state index contributed by atoms with van der Waals surface area (Å²) in [5, 5.41) is 9.60. The highest BCUT2D eigenvalue weighted by molar-refractivity contribution is 5.91. The Morgan fingerprint density at radius 1 is 1.11 bits per heavy atom. The zero-order valence-electron chi connectivity index (χ0n) is 14.5. The van der Waals surface area contributed by atoms with Gasteiger partial charge in [-0.05, 0) is 30.2 Å². The number of phenolic OH excluding ortho intramolecular Hbond substituents is 1. The maximum atomic E-state index is 12.8. The fourth-order valence-corrected chi connectivity index (χ4v) is 2.29. The molecule has 0 aliphatic carbocycles. The van der Waals surface area contributed by atoms with Crippen LogP contribution >= 0.6 is 0 Å². The molecular formula is C19H18F3NO4. The molecule has 1 amide bonds. The van der Waals surface area contributed by atoms with Crippen molar-refractivity contribution in [1.29, 1.82) is 0 Å². The van der Waals surface area contributed by atoms with Crippen LogP contribution in [0.3, 0.4) is 0 Å². The van der Waals surface area contributed by atoms with Crippen LogP contribution in [0.2, 0.25) is 0 Å². The quantitative estimate of drug-likeness (QED) is 0.779.